The summed E-state index contributed by atoms with van der Waals surface area (Å²) in [7, 11) is 3.59. The smallest absolute Gasteiger partial charge is 0.257 e. The topological polar surface area (TPSA) is 103 Å². The van der Waals surface area contributed by atoms with Gasteiger partial charge in [0.15, 0.2) is 0 Å². The van der Waals surface area contributed by atoms with E-state index in [0.29, 0.717) is 42.1 Å². The van der Waals surface area contributed by atoms with Crippen LogP contribution in [0.25, 0.3) is 11.0 Å². The van der Waals surface area contributed by atoms with Gasteiger partial charge in [0.05, 0.1) is 28.8 Å². The van der Waals surface area contributed by atoms with Crippen LogP contribution in [0.5, 0.6) is 0 Å². The van der Waals surface area contributed by atoms with E-state index < -0.39 is 0 Å². The molecular weight excluding hydrogens is 504 g/mol. The highest BCUT2D eigenvalue weighted by Crippen LogP contribution is 2.30. The lowest BCUT2D eigenvalue weighted by molar-refractivity contribution is -0.119. The van der Waals surface area contributed by atoms with Crippen LogP contribution in [-0.4, -0.2) is 66.2 Å². The number of methoxy groups -OCH3 is 1. The molecule has 2 fully saturated rings. The Labute approximate surface area is 235 Å². The number of anilines is 2. The molecule has 3 aromatic rings. The van der Waals surface area contributed by atoms with Crippen molar-refractivity contribution in [2.24, 2.45) is 5.92 Å². The second-order valence-corrected chi connectivity index (χ2v) is 11.0. The molecule has 2 aromatic carbocycles. The monoisotopic (exact) mass is 542 g/mol. The zero-order chi connectivity index (χ0) is 28.1. The van der Waals surface area contributed by atoms with Crippen molar-refractivity contribution in [3.05, 3.63) is 53.6 Å². The van der Waals surface area contributed by atoms with Gasteiger partial charge in [0.25, 0.3) is 5.91 Å². The van der Waals surface area contributed by atoms with Crippen LogP contribution in [0.3, 0.4) is 0 Å². The highest BCUT2D eigenvalue weighted by atomic mass is 16.5. The molecule has 2 heterocycles. The number of aryl methyl sites for hydroxylation is 1. The number of carbonyl (C=O) groups excluding carboxylic acids is 2. The van der Waals surface area contributed by atoms with E-state index in [4.69, 9.17) is 15.0 Å². The van der Waals surface area contributed by atoms with Crippen molar-refractivity contribution in [3.63, 3.8) is 0 Å². The first-order valence-corrected chi connectivity index (χ1v) is 14.3. The molecule has 2 aliphatic rings. The maximum atomic E-state index is 13.1. The molecule has 210 valence electrons. The zero-order valence-corrected chi connectivity index (χ0v) is 23.4. The third-order valence-electron chi connectivity index (χ3n) is 8.35. The number of nitrogens with zero attached hydrogens (tertiary/aromatic N) is 5. The van der Waals surface area contributed by atoms with Gasteiger partial charge in [0.2, 0.25) is 11.9 Å². The van der Waals surface area contributed by atoms with E-state index in [9.17, 15) is 9.59 Å². The predicted octanol–water partition coefficient (Wildman–Crippen LogP) is 4.81. The molecule has 5 rings (SSSR count). The van der Waals surface area contributed by atoms with E-state index in [2.05, 4.69) is 16.3 Å². The van der Waals surface area contributed by atoms with E-state index >= 15 is 0 Å². The molecule has 1 atom stereocenters. The van der Waals surface area contributed by atoms with Crippen LogP contribution in [0.4, 0.5) is 11.6 Å². The molecule has 9 nitrogen and oxygen atoms in total. The first kappa shape index (κ1) is 27.8. The van der Waals surface area contributed by atoms with Crippen LogP contribution in [0.2, 0.25) is 0 Å². The maximum Gasteiger partial charge on any atom is 0.257 e. The van der Waals surface area contributed by atoms with E-state index in [1.807, 2.05) is 29.8 Å². The second kappa shape index (κ2) is 12.6. The summed E-state index contributed by atoms with van der Waals surface area (Å²) in [4.78, 5) is 35.0. The molecule has 1 saturated carbocycles. The van der Waals surface area contributed by atoms with Gasteiger partial charge in [0, 0.05) is 51.5 Å². The lowest BCUT2D eigenvalue weighted by Gasteiger charge is -2.19. The Bertz CT molecular complexity index is 1390. The van der Waals surface area contributed by atoms with Crippen LogP contribution in [0.1, 0.15) is 60.9 Å². The van der Waals surface area contributed by atoms with Crippen molar-refractivity contribution >= 4 is 34.5 Å². The Kier molecular flexibility index (Phi) is 8.78. The first-order chi connectivity index (χ1) is 19.4. The fourth-order valence-corrected chi connectivity index (χ4v) is 5.91. The van der Waals surface area contributed by atoms with Gasteiger partial charge in [-0.25, -0.2) is 4.98 Å². The van der Waals surface area contributed by atoms with E-state index in [-0.39, 0.29) is 11.8 Å². The average molecular weight is 543 g/mol. The Balaban J connectivity index is 1.36. The summed E-state index contributed by atoms with van der Waals surface area (Å²) in [6.45, 7) is 3.58. The standard InChI is InChI=1S/C31H38N6O3/c1-35(29(38)18-22-6-3-4-7-22)25-12-13-28-27(19-25)33-31(34-30(39)24-10-8-23(20-32)9-11-24)37(28)16-5-15-36-17-14-26(21-36)40-2/h8-13,19,22,26H,3-7,14-18,21H2,1-2H3,(H,33,34,39). The molecule has 1 N–H and O–H groups in total. The zero-order valence-electron chi connectivity index (χ0n) is 23.4. The number of rotatable bonds is 10. The number of imidazole rings is 1. The molecule has 0 radical (unpaired) electrons. The number of hydrogen-bond donors (Lipinski definition) is 1. The fraction of sp³-hybridized carbons (Fsp3) is 0.484. The number of amides is 2. The minimum atomic E-state index is -0.285. The van der Waals surface area contributed by atoms with Crippen LogP contribution in [0, 0.1) is 17.2 Å². The molecule has 1 aliphatic heterocycles. The molecule has 1 unspecified atom stereocenters. The minimum absolute atomic E-state index is 0.125. The highest BCUT2D eigenvalue weighted by molar-refractivity contribution is 6.04. The number of carbonyl (C=O) groups is 2. The largest absolute Gasteiger partial charge is 0.380 e. The average Bonchev–Trinajstić information content (AvgIpc) is 3.73. The van der Waals surface area contributed by atoms with Crippen molar-refractivity contribution in [3.8, 4) is 6.07 Å². The molecule has 2 amide bonds. The second-order valence-electron chi connectivity index (χ2n) is 11.0. The summed E-state index contributed by atoms with van der Waals surface area (Å²) in [6, 6.07) is 14.5. The maximum absolute atomic E-state index is 13.1. The van der Waals surface area contributed by atoms with E-state index in [1.165, 1.54) is 12.8 Å². The van der Waals surface area contributed by atoms with Crippen molar-refractivity contribution in [2.45, 2.75) is 57.6 Å². The Hall–Kier alpha value is -3.74. The third kappa shape index (κ3) is 6.35. The molecule has 1 aromatic heterocycles. The third-order valence-corrected chi connectivity index (χ3v) is 8.35. The van der Waals surface area contributed by atoms with Gasteiger partial charge in [-0.2, -0.15) is 5.26 Å². The summed E-state index contributed by atoms with van der Waals surface area (Å²) in [5.74, 6) is 0.793. The van der Waals surface area contributed by atoms with Gasteiger partial charge in [-0.05, 0) is 80.6 Å². The Morgan fingerprint density at radius 2 is 1.90 bits per heavy atom. The van der Waals surface area contributed by atoms with Crippen LogP contribution >= 0.6 is 0 Å². The van der Waals surface area contributed by atoms with Gasteiger partial charge < -0.3 is 19.1 Å². The first-order valence-electron chi connectivity index (χ1n) is 14.3. The molecule has 0 bridgehead atoms. The predicted molar refractivity (Wildman–Crippen MR) is 155 cm³/mol. The quantitative estimate of drug-likeness (QED) is 0.394. The molecular formula is C31H38N6O3. The Morgan fingerprint density at radius 1 is 1.12 bits per heavy atom. The number of nitrogens with one attached hydrogen (secondary N) is 1. The van der Waals surface area contributed by atoms with Crippen LogP contribution in [-0.2, 0) is 16.1 Å². The molecule has 40 heavy (non-hydrogen) atoms. The van der Waals surface area contributed by atoms with E-state index in [1.54, 1.807) is 36.3 Å². The highest BCUT2D eigenvalue weighted by Gasteiger charge is 2.23. The number of aromatic nitrogens is 2. The van der Waals surface area contributed by atoms with Crippen LogP contribution in [0.15, 0.2) is 42.5 Å². The summed E-state index contributed by atoms with van der Waals surface area (Å²) >= 11 is 0. The normalized spacial score (nSPS) is 17.8. The fourth-order valence-electron chi connectivity index (χ4n) is 5.91. The SMILES string of the molecule is COC1CCN(CCCn2c(NC(=O)c3ccc(C#N)cc3)nc3cc(N(C)C(=O)CC4CCCC4)ccc32)C1. The number of hydrogen-bond acceptors (Lipinski definition) is 6. The molecule has 1 aliphatic carbocycles. The van der Waals surface area contributed by atoms with Crippen molar-refractivity contribution in [1.29, 1.82) is 5.26 Å². The summed E-state index contributed by atoms with van der Waals surface area (Å²) in [5, 5.41) is 12.1. The number of benzene rings is 2. The number of nitriles is 1. The summed E-state index contributed by atoms with van der Waals surface area (Å²) in [5.41, 5.74) is 3.40. The van der Waals surface area contributed by atoms with Crippen LogP contribution < -0.4 is 10.2 Å². The van der Waals surface area contributed by atoms with Crippen molar-refractivity contribution in [1.82, 2.24) is 14.5 Å². The minimum Gasteiger partial charge on any atom is -0.380 e. The van der Waals surface area contributed by atoms with Gasteiger partial charge in [-0.15, -0.1) is 0 Å². The van der Waals surface area contributed by atoms with Gasteiger partial charge in [0.1, 0.15) is 0 Å². The van der Waals surface area contributed by atoms with Gasteiger partial charge >= 0.3 is 0 Å². The Morgan fingerprint density at radius 3 is 2.60 bits per heavy atom. The molecule has 1 saturated heterocycles. The number of fused-ring (bicyclic) bond motifs is 1. The van der Waals surface area contributed by atoms with E-state index in [0.717, 1.165) is 62.0 Å². The lowest BCUT2D eigenvalue weighted by Crippen LogP contribution is -2.27. The van der Waals surface area contributed by atoms with Gasteiger partial charge in [-0.3, -0.25) is 14.9 Å². The summed E-state index contributed by atoms with van der Waals surface area (Å²) < 4.78 is 7.55. The molecule has 0 spiro atoms. The van der Waals surface area contributed by atoms with Gasteiger partial charge in [-0.1, -0.05) is 12.8 Å². The summed E-state index contributed by atoms with van der Waals surface area (Å²) in [6.07, 6.45) is 7.51. The number of ether oxygens (including phenoxy) is 1. The number of likely N-dealkylation sites (tertiary alicyclic amines) is 1. The lowest BCUT2D eigenvalue weighted by atomic mass is 10.0. The molecule has 9 heteroatoms. The van der Waals surface area contributed by atoms with Crippen molar-refractivity contribution < 1.29 is 14.3 Å². The van der Waals surface area contributed by atoms with Crippen molar-refractivity contribution in [2.75, 3.05) is 44.0 Å².